The third kappa shape index (κ3) is 1.76. The average Bonchev–Trinajstić information content (AvgIpc) is 2.74. The Labute approximate surface area is 114 Å². The lowest BCUT2D eigenvalue weighted by Gasteiger charge is -2.08. The zero-order chi connectivity index (χ0) is 12.5. The van der Waals surface area contributed by atoms with Gasteiger partial charge in [-0.3, -0.25) is 9.55 Å². The number of aromatic amines is 1. The largest absolute Gasteiger partial charge is 0.329 e. The molecule has 3 aromatic rings. The molecule has 0 aliphatic carbocycles. The summed E-state index contributed by atoms with van der Waals surface area (Å²) in [5.74, 6) is 0. The van der Waals surface area contributed by atoms with Crippen molar-refractivity contribution in [1.82, 2.24) is 14.5 Å². The number of para-hydroxylation sites is 1. The maximum absolute atomic E-state index is 5.41. The van der Waals surface area contributed by atoms with E-state index in [0.717, 1.165) is 16.7 Å². The van der Waals surface area contributed by atoms with E-state index >= 15 is 0 Å². The maximum Gasteiger partial charge on any atom is 0.182 e. The van der Waals surface area contributed by atoms with Crippen LogP contribution in [0.2, 0.25) is 0 Å². The number of hydrogen-bond acceptors (Lipinski definition) is 3. The van der Waals surface area contributed by atoms with Crippen LogP contribution in [0.3, 0.4) is 0 Å². The third-order valence-electron chi connectivity index (χ3n) is 2.81. The monoisotopic (exact) mass is 273 g/mol. The Bertz CT molecular complexity index is 758. The number of nitrogens with zero attached hydrogens (tertiary/aromatic N) is 2. The summed E-state index contributed by atoms with van der Waals surface area (Å²) in [4.78, 5) is 8.49. The SMILES string of the molecule is CSc1ccccc1-n1c(=S)[nH]c2cnccc21. The average molecular weight is 273 g/mol. The summed E-state index contributed by atoms with van der Waals surface area (Å²) in [5, 5.41) is 0. The highest BCUT2D eigenvalue weighted by molar-refractivity contribution is 7.98. The summed E-state index contributed by atoms with van der Waals surface area (Å²) in [6.07, 6.45) is 5.64. The molecule has 0 aliphatic rings. The zero-order valence-electron chi connectivity index (χ0n) is 9.75. The molecule has 0 radical (unpaired) electrons. The molecule has 3 nitrogen and oxygen atoms in total. The van der Waals surface area contributed by atoms with E-state index in [-0.39, 0.29) is 0 Å². The summed E-state index contributed by atoms with van der Waals surface area (Å²) >= 11 is 7.13. The molecule has 2 aromatic heterocycles. The van der Waals surface area contributed by atoms with Gasteiger partial charge in [-0.05, 0) is 36.7 Å². The first-order valence-corrected chi connectivity index (χ1v) is 7.12. The predicted octanol–water partition coefficient (Wildman–Crippen LogP) is 3.80. The van der Waals surface area contributed by atoms with E-state index in [0.29, 0.717) is 4.77 Å². The van der Waals surface area contributed by atoms with Crippen molar-refractivity contribution in [1.29, 1.82) is 0 Å². The number of pyridine rings is 1. The van der Waals surface area contributed by atoms with Gasteiger partial charge in [-0.1, -0.05) is 12.1 Å². The van der Waals surface area contributed by atoms with Gasteiger partial charge in [0, 0.05) is 11.1 Å². The van der Waals surface area contributed by atoms with Gasteiger partial charge in [0.25, 0.3) is 0 Å². The lowest BCUT2D eigenvalue weighted by molar-refractivity contribution is 1.03. The molecule has 1 N–H and O–H groups in total. The minimum atomic E-state index is 0.694. The number of H-pyrrole nitrogens is 1. The van der Waals surface area contributed by atoms with Crippen molar-refractivity contribution in [2.75, 3.05) is 6.26 Å². The van der Waals surface area contributed by atoms with Crippen LogP contribution < -0.4 is 0 Å². The number of aromatic nitrogens is 3. The summed E-state index contributed by atoms with van der Waals surface area (Å²) in [6, 6.07) is 10.2. The number of nitrogens with one attached hydrogen (secondary N) is 1. The molecule has 0 fully saturated rings. The van der Waals surface area contributed by atoms with Crippen LogP contribution in [-0.2, 0) is 0 Å². The number of benzene rings is 1. The zero-order valence-corrected chi connectivity index (χ0v) is 11.4. The lowest BCUT2D eigenvalue weighted by Crippen LogP contribution is -1.95. The molecule has 0 spiro atoms. The lowest BCUT2D eigenvalue weighted by atomic mass is 10.3. The smallest absolute Gasteiger partial charge is 0.182 e. The van der Waals surface area contributed by atoms with Gasteiger partial charge in [-0.15, -0.1) is 11.8 Å². The van der Waals surface area contributed by atoms with Crippen LogP contribution in [0.4, 0.5) is 0 Å². The molecule has 0 saturated heterocycles. The fraction of sp³-hybridized carbons (Fsp3) is 0.0769. The molecule has 0 saturated carbocycles. The van der Waals surface area contributed by atoms with E-state index in [4.69, 9.17) is 12.2 Å². The highest BCUT2D eigenvalue weighted by Gasteiger charge is 2.09. The van der Waals surface area contributed by atoms with Crippen molar-refractivity contribution in [2.24, 2.45) is 0 Å². The van der Waals surface area contributed by atoms with Gasteiger partial charge < -0.3 is 4.98 Å². The van der Waals surface area contributed by atoms with Crippen LogP contribution in [0, 0.1) is 4.77 Å². The summed E-state index contributed by atoms with van der Waals surface area (Å²) in [5.41, 5.74) is 3.11. The standard InChI is InChI=1S/C13H11N3S2/c1-18-12-5-3-2-4-11(12)16-10-6-7-14-8-9(10)15-13(16)17/h2-8H,1H3,(H,15,17). The molecule has 3 rings (SSSR count). The van der Waals surface area contributed by atoms with E-state index in [1.54, 1.807) is 24.2 Å². The fourth-order valence-corrected chi connectivity index (χ4v) is 2.90. The highest BCUT2D eigenvalue weighted by Crippen LogP contribution is 2.27. The summed E-state index contributed by atoms with van der Waals surface area (Å²) < 4.78 is 2.75. The maximum atomic E-state index is 5.41. The number of hydrogen-bond donors (Lipinski definition) is 1. The molecule has 0 bridgehead atoms. The van der Waals surface area contributed by atoms with Crippen LogP contribution in [0.5, 0.6) is 0 Å². The predicted molar refractivity (Wildman–Crippen MR) is 78.0 cm³/mol. The summed E-state index contributed by atoms with van der Waals surface area (Å²) in [7, 11) is 0. The van der Waals surface area contributed by atoms with Crippen LogP contribution in [0.1, 0.15) is 0 Å². The number of fused-ring (bicyclic) bond motifs is 1. The van der Waals surface area contributed by atoms with Crippen molar-refractivity contribution >= 4 is 35.0 Å². The van der Waals surface area contributed by atoms with E-state index < -0.39 is 0 Å². The van der Waals surface area contributed by atoms with E-state index in [1.807, 2.05) is 18.2 Å². The second-order valence-corrected chi connectivity index (χ2v) is 5.07. The normalized spacial score (nSPS) is 10.9. The molecule has 0 amide bonds. The Balaban J connectivity index is 2.38. The topological polar surface area (TPSA) is 33.6 Å². The Morgan fingerprint density at radius 2 is 2.11 bits per heavy atom. The van der Waals surface area contributed by atoms with Gasteiger partial charge in [0.1, 0.15) is 0 Å². The molecule has 0 atom stereocenters. The van der Waals surface area contributed by atoms with Crippen molar-refractivity contribution in [3.63, 3.8) is 0 Å². The van der Waals surface area contributed by atoms with E-state index in [2.05, 4.69) is 32.9 Å². The minimum absolute atomic E-state index is 0.694. The van der Waals surface area contributed by atoms with Gasteiger partial charge in [-0.2, -0.15) is 0 Å². The molecular formula is C13H11N3S2. The Kier molecular flexibility index (Phi) is 2.93. The van der Waals surface area contributed by atoms with Crippen molar-refractivity contribution in [2.45, 2.75) is 4.90 Å². The van der Waals surface area contributed by atoms with Crippen molar-refractivity contribution < 1.29 is 0 Å². The van der Waals surface area contributed by atoms with Crippen LogP contribution in [0.15, 0.2) is 47.6 Å². The van der Waals surface area contributed by atoms with Crippen molar-refractivity contribution in [3.8, 4) is 5.69 Å². The first-order valence-electron chi connectivity index (χ1n) is 5.49. The van der Waals surface area contributed by atoms with Gasteiger partial charge in [0.05, 0.1) is 22.9 Å². The molecule has 18 heavy (non-hydrogen) atoms. The van der Waals surface area contributed by atoms with Crippen LogP contribution >= 0.6 is 24.0 Å². The van der Waals surface area contributed by atoms with Crippen LogP contribution in [0.25, 0.3) is 16.7 Å². The molecule has 90 valence electrons. The summed E-state index contributed by atoms with van der Waals surface area (Å²) in [6.45, 7) is 0. The molecule has 5 heteroatoms. The van der Waals surface area contributed by atoms with Gasteiger partial charge in [0.15, 0.2) is 4.77 Å². The number of thioether (sulfide) groups is 1. The minimum Gasteiger partial charge on any atom is -0.329 e. The second-order valence-electron chi connectivity index (χ2n) is 3.83. The highest BCUT2D eigenvalue weighted by atomic mass is 32.2. The Hall–Kier alpha value is -1.59. The van der Waals surface area contributed by atoms with Gasteiger partial charge >= 0.3 is 0 Å². The first kappa shape index (κ1) is 11.5. The third-order valence-corrected chi connectivity index (χ3v) is 3.88. The molecule has 0 unspecified atom stereocenters. The van der Waals surface area contributed by atoms with Gasteiger partial charge in [-0.25, -0.2) is 0 Å². The quantitative estimate of drug-likeness (QED) is 0.569. The molecule has 0 aliphatic heterocycles. The second kappa shape index (κ2) is 4.59. The van der Waals surface area contributed by atoms with Crippen LogP contribution in [-0.4, -0.2) is 20.8 Å². The first-order chi connectivity index (χ1) is 8.81. The molecule has 1 aromatic carbocycles. The molecule has 2 heterocycles. The fourth-order valence-electron chi connectivity index (χ4n) is 2.01. The number of imidazole rings is 1. The van der Waals surface area contributed by atoms with E-state index in [1.165, 1.54) is 4.90 Å². The Morgan fingerprint density at radius 3 is 2.94 bits per heavy atom. The van der Waals surface area contributed by atoms with E-state index in [9.17, 15) is 0 Å². The van der Waals surface area contributed by atoms with Gasteiger partial charge in [0.2, 0.25) is 0 Å². The Morgan fingerprint density at radius 1 is 1.28 bits per heavy atom. The van der Waals surface area contributed by atoms with Crippen molar-refractivity contribution in [3.05, 3.63) is 47.5 Å². The molecular weight excluding hydrogens is 262 g/mol. The number of rotatable bonds is 2.